The summed E-state index contributed by atoms with van der Waals surface area (Å²) in [5.41, 5.74) is 3.47. The molecule has 0 fully saturated rings. The molecule has 0 bridgehead atoms. The van der Waals surface area contributed by atoms with Crippen LogP contribution in [0, 0.1) is 5.82 Å². The summed E-state index contributed by atoms with van der Waals surface area (Å²) in [5, 5.41) is 6.82. The first-order valence-corrected chi connectivity index (χ1v) is 7.81. The largest absolute Gasteiger partial charge is 0.346 e. The monoisotopic (exact) mass is 354 g/mol. The Kier molecular flexibility index (Phi) is 4.88. The lowest BCUT2D eigenvalue weighted by atomic mass is 10.0. The van der Waals surface area contributed by atoms with Crippen molar-refractivity contribution in [2.75, 3.05) is 0 Å². The normalized spacial score (nSPS) is 10.6. The minimum absolute atomic E-state index is 0.0738. The summed E-state index contributed by atoms with van der Waals surface area (Å²) in [6.45, 7) is 3.05. The number of hydrogen-bond donors (Lipinski definition) is 1. The summed E-state index contributed by atoms with van der Waals surface area (Å²) in [7, 11) is 1.79. The molecule has 132 valence electrons. The van der Waals surface area contributed by atoms with Crippen molar-refractivity contribution in [3.8, 4) is 22.5 Å². The van der Waals surface area contributed by atoms with Gasteiger partial charge in [-0.2, -0.15) is 5.10 Å². The maximum Gasteiger partial charge on any atom is 0.279 e. The molecule has 5 nitrogen and oxygen atoms in total. The van der Waals surface area contributed by atoms with Crippen LogP contribution in [0.2, 0.25) is 0 Å². The van der Waals surface area contributed by atoms with E-state index in [1.807, 2.05) is 6.07 Å². The maximum absolute atomic E-state index is 13.1. The highest BCUT2D eigenvalue weighted by molar-refractivity contribution is 5.90. The average Bonchev–Trinajstić information content (AvgIpc) is 3.06. The molecule has 2 heterocycles. The zero-order valence-corrected chi connectivity index (χ0v) is 14.0. The second-order valence-electron chi connectivity index (χ2n) is 5.70. The molecular weight excluding hydrogens is 338 g/mol. The summed E-state index contributed by atoms with van der Waals surface area (Å²) in [6, 6.07) is 9.62. The van der Waals surface area contributed by atoms with Crippen LogP contribution in [0.3, 0.4) is 0 Å². The number of benzene rings is 1. The molecule has 3 aromatic rings. The van der Waals surface area contributed by atoms with E-state index in [0.717, 1.165) is 11.1 Å². The molecule has 1 amide bonds. The highest BCUT2D eigenvalue weighted by Gasteiger charge is 2.13. The summed E-state index contributed by atoms with van der Waals surface area (Å²) in [4.78, 5) is 15.8. The molecule has 0 aliphatic carbocycles. The second-order valence-corrected chi connectivity index (χ2v) is 5.70. The molecule has 3 rings (SSSR count). The lowest BCUT2D eigenvalue weighted by Crippen LogP contribution is -2.23. The van der Waals surface area contributed by atoms with Gasteiger partial charge in [0.2, 0.25) is 0 Å². The number of pyridine rings is 1. The van der Waals surface area contributed by atoms with Crippen LogP contribution in [-0.4, -0.2) is 20.7 Å². The van der Waals surface area contributed by atoms with Crippen LogP contribution in [0.5, 0.6) is 0 Å². The summed E-state index contributed by atoms with van der Waals surface area (Å²) >= 11 is 0. The lowest BCUT2D eigenvalue weighted by Gasteiger charge is -2.11. The third kappa shape index (κ3) is 3.83. The van der Waals surface area contributed by atoms with Crippen LogP contribution in [0.15, 0.2) is 61.2 Å². The van der Waals surface area contributed by atoms with Crippen LogP contribution >= 0.6 is 0 Å². The quantitative estimate of drug-likeness (QED) is 0.715. The van der Waals surface area contributed by atoms with E-state index in [4.69, 9.17) is 0 Å². The summed E-state index contributed by atoms with van der Waals surface area (Å²) in [6.07, 6.45) is 3.38. The van der Waals surface area contributed by atoms with E-state index >= 15 is 0 Å². The average molecular weight is 354 g/mol. The second kappa shape index (κ2) is 7.26. The number of aryl methyl sites for hydroxylation is 1. The molecule has 2 aromatic heterocycles. The number of hydrogen-bond acceptors (Lipinski definition) is 3. The van der Waals surface area contributed by atoms with Gasteiger partial charge < -0.3 is 5.32 Å². The molecule has 0 spiro atoms. The highest BCUT2D eigenvalue weighted by Crippen LogP contribution is 2.27. The Morgan fingerprint density at radius 3 is 2.58 bits per heavy atom. The number of carbonyl (C=O) groups excluding carboxylic acids is 1. The van der Waals surface area contributed by atoms with Crippen LogP contribution in [-0.2, 0) is 18.4 Å². The number of aromatic nitrogens is 3. The molecule has 0 aliphatic rings. The Morgan fingerprint density at radius 2 is 1.96 bits per heavy atom. The van der Waals surface area contributed by atoms with Crippen LogP contribution in [0.25, 0.3) is 22.5 Å². The zero-order valence-electron chi connectivity index (χ0n) is 14.0. The van der Waals surface area contributed by atoms with Crippen LogP contribution < -0.4 is 5.32 Å². The van der Waals surface area contributed by atoms with Gasteiger partial charge in [-0.05, 0) is 42.0 Å². The molecule has 0 saturated carbocycles. The van der Waals surface area contributed by atoms with E-state index in [9.17, 15) is 13.6 Å². The lowest BCUT2D eigenvalue weighted by molar-refractivity contribution is -0.119. The maximum atomic E-state index is 13.1. The van der Waals surface area contributed by atoms with E-state index in [1.54, 1.807) is 42.3 Å². The van der Waals surface area contributed by atoms with Gasteiger partial charge in [-0.15, -0.1) is 0 Å². The standard InChI is InChI=1S/C19H16F2N4O/c1-12(20)19(26)23-11-14-10-22-18(13-3-5-15(21)6-4-13)9-16(14)17-7-8-25(2)24-17/h3-10H,1,11H2,2H3,(H,23,26). The van der Waals surface area contributed by atoms with Gasteiger partial charge in [0.05, 0.1) is 11.4 Å². The van der Waals surface area contributed by atoms with Crippen molar-refractivity contribution in [3.63, 3.8) is 0 Å². The molecular formula is C19H16F2N4O. The molecule has 1 aromatic carbocycles. The van der Waals surface area contributed by atoms with Gasteiger partial charge in [-0.3, -0.25) is 14.5 Å². The van der Waals surface area contributed by atoms with Gasteiger partial charge in [-0.25, -0.2) is 8.78 Å². The molecule has 0 saturated heterocycles. The third-order valence-corrected chi connectivity index (χ3v) is 3.80. The minimum Gasteiger partial charge on any atom is -0.346 e. The number of rotatable bonds is 5. The van der Waals surface area contributed by atoms with Gasteiger partial charge in [0.1, 0.15) is 5.82 Å². The Hall–Kier alpha value is -3.35. The number of halogens is 2. The Bertz CT molecular complexity index is 964. The Morgan fingerprint density at radius 1 is 1.23 bits per heavy atom. The van der Waals surface area contributed by atoms with Crippen molar-refractivity contribution in [3.05, 3.63) is 72.6 Å². The first-order chi connectivity index (χ1) is 12.4. The summed E-state index contributed by atoms with van der Waals surface area (Å²) in [5.74, 6) is -2.26. The first-order valence-electron chi connectivity index (χ1n) is 7.81. The zero-order chi connectivity index (χ0) is 18.7. The molecule has 7 heteroatoms. The number of nitrogens with zero attached hydrogens (tertiary/aromatic N) is 3. The number of nitrogens with one attached hydrogen (secondary N) is 1. The fourth-order valence-corrected chi connectivity index (χ4v) is 2.47. The van der Waals surface area contributed by atoms with Crippen molar-refractivity contribution in [1.82, 2.24) is 20.1 Å². The predicted molar refractivity (Wildman–Crippen MR) is 93.9 cm³/mol. The molecule has 1 N–H and O–H groups in total. The van der Waals surface area contributed by atoms with Gasteiger partial charge in [0.25, 0.3) is 5.91 Å². The number of amides is 1. The van der Waals surface area contributed by atoms with Crippen molar-refractivity contribution in [2.45, 2.75) is 6.54 Å². The third-order valence-electron chi connectivity index (χ3n) is 3.80. The topological polar surface area (TPSA) is 59.8 Å². The van der Waals surface area contributed by atoms with Crippen molar-refractivity contribution < 1.29 is 13.6 Å². The van der Waals surface area contributed by atoms with Crippen molar-refractivity contribution >= 4 is 5.91 Å². The molecule has 0 aliphatic heterocycles. The molecule has 0 atom stereocenters. The van der Waals surface area contributed by atoms with Gasteiger partial charge in [0, 0.05) is 37.1 Å². The van der Waals surface area contributed by atoms with E-state index in [-0.39, 0.29) is 12.4 Å². The van der Waals surface area contributed by atoms with E-state index in [1.165, 1.54) is 12.1 Å². The van der Waals surface area contributed by atoms with Crippen molar-refractivity contribution in [1.29, 1.82) is 0 Å². The van der Waals surface area contributed by atoms with Gasteiger partial charge >= 0.3 is 0 Å². The van der Waals surface area contributed by atoms with Gasteiger partial charge in [-0.1, -0.05) is 6.58 Å². The first kappa shape index (κ1) is 17.5. The minimum atomic E-state index is -1.06. The molecule has 0 radical (unpaired) electrons. The number of carbonyl (C=O) groups is 1. The van der Waals surface area contributed by atoms with E-state index < -0.39 is 11.7 Å². The Balaban J connectivity index is 1.99. The van der Waals surface area contributed by atoms with E-state index in [2.05, 4.69) is 22.0 Å². The fraction of sp³-hybridized carbons (Fsp3) is 0.105. The van der Waals surface area contributed by atoms with Crippen molar-refractivity contribution in [2.24, 2.45) is 7.05 Å². The summed E-state index contributed by atoms with van der Waals surface area (Å²) < 4.78 is 27.7. The molecule has 0 unspecified atom stereocenters. The highest BCUT2D eigenvalue weighted by atomic mass is 19.1. The SMILES string of the molecule is C=C(F)C(=O)NCc1cnc(-c2ccc(F)cc2)cc1-c1ccn(C)n1. The fourth-order valence-electron chi connectivity index (χ4n) is 2.47. The van der Waals surface area contributed by atoms with Gasteiger partial charge in [0.15, 0.2) is 5.83 Å². The molecule has 26 heavy (non-hydrogen) atoms. The van der Waals surface area contributed by atoms with Crippen LogP contribution in [0.1, 0.15) is 5.56 Å². The van der Waals surface area contributed by atoms with Crippen LogP contribution in [0.4, 0.5) is 8.78 Å². The van der Waals surface area contributed by atoms with E-state index in [0.29, 0.717) is 17.0 Å². The smallest absolute Gasteiger partial charge is 0.279 e. The Labute approximate surface area is 149 Å². The predicted octanol–water partition coefficient (Wildman–Crippen LogP) is 3.39.